The summed E-state index contributed by atoms with van der Waals surface area (Å²) in [6.45, 7) is 4.87. The lowest BCUT2D eigenvalue weighted by molar-refractivity contribution is -0.922. The van der Waals surface area contributed by atoms with Gasteiger partial charge in [-0.05, 0) is 12.1 Å². The summed E-state index contributed by atoms with van der Waals surface area (Å²) in [6.07, 6.45) is 0. The molecule has 0 spiro atoms. The fourth-order valence-corrected chi connectivity index (χ4v) is 2.21. The zero-order valence-corrected chi connectivity index (χ0v) is 9.24. The van der Waals surface area contributed by atoms with Crippen molar-refractivity contribution in [2.45, 2.75) is 6.54 Å². The molecule has 3 heteroatoms. The molecule has 0 radical (unpaired) electrons. The van der Waals surface area contributed by atoms with Crippen molar-refractivity contribution in [3.63, 3.8) is 0 Å². The molecule has 0 saturated carbocycles. The number of hydrogen-bond donors (Lipinski definition) is 1. The van der Waals surface area contributed by atoms with E-state index in [1.54, 1.807) is 4.90 Å². The topological polar surface area (TPSA) is 26.8 Å². The van der Waals surface area contributed by atoms with Gasteiger partial charge in [0, 0.05) is 5.39 Å². The molecule has 1 aromatic heterocycles. The van der Waals surface area contributed by atoms with E-state index in [9.17, 15) is 0 Å². The second-order valence-electron chi connectivity index (χ2n) is 4.29. The largest absolute Gasteiger partial charge is 0.455 e. The van der Waals surface area contributed by atoms with E-state index in [2.05, 4.69) is 12.1 Å². The molecular weight excluding hydrogens is 202 g/mol. The van der Waals surface area contributed by atoms with Crippen LogP contribution < -0.4 is 4.90 Å². The summed E-state index contributed by atoms with van der Waals surface area (Å²) in [7, 11) is 0. The molecule has 0 amide bonds. The normalized spacial score (nSPS) is 18.0. The number of hydrogen-bond acceptors (Lipinski definition) is 2. The van der Waals surface area contributed by atoms with Gasteiger partial charge < -0.3 is 14.1 Å². The molecule has 0 aliphatic carbocycles. The highest BCUT2D eigenvalue weighted by molar-refractivity contribution is 5.77. The smallest absolute Gasteiger partial charge is 0.159 e. The Morgan fingerprint density at radius 1 is 1.12 bits per heavy atom. The lowest BCUT2D eigenvalue weighted by atomic mass is 10.2. The quantitative estimate of drug-likeness (QED) is 0.809. The number of ether oxygens (including phenoxy) is 1. The van der Waals surface area contributed by atoms with Gasteiger partial charge in [0.1, 0.15) is 25.2 Å². The molecule has 1 aliphatic heterocycles. The van der Waals surface area contributed by atoms with Gasteiger partial charge in [0.05, 0.1) is 13.2 Å². The fourth-order valence-electron chi connectivity index (χ4n) is 2.21. The van der Waals surface area contributed by atoms with Crippen molar-refractivity contribution < 1.29 is 14.1 Å². The monoisotopic (exact) mass is 218 g/mol. The molecule has 0 bridgehead atoms. The first kappa shape index (κ1) is 9.87. The Morgan fingerprint density at radius 3 is 2.75 bits per heavy atom. The van der Waals surface area contributed by atoms with E-state index in [0.29, 0.717) is 0 Å². The average molecular weight is 218 g/mol. The van der Waals surface area contributed by atoms with Crippen molar-refractivity contribution >= 4 is 11.0 Å². The second-order valence-corrected chi connectivity index (χ2v) is 4.29. The minimum absolute atomic E-state index is 0.871. The highest BCUT2D eigenvalue weighted by Gasteiger charge is 2.16. The molecule has 0 unspecified atom stereocenters. The van der Waals surface area contributed by atoms with Crippen LogP contribution in [0.1, 0.15) is 5.76 Å². The Labute approximate surface area is 94.6 Å². The molecule has 2 heterocycles. The Hall–Kier alpha value is -1.32. The highest BCUT2D eigenvalue weighted by Crippen LogP contribution is 2.17. The summed E-state index contributed by atoms with van der Waals surface area (Å²) in [5, 5.41) is 1.20. The molecule has 1 aliphatic rings. The lowest BCUT2D eigenvalue weighted by Crippen LogP contribution is -3.12. The van der Waals surface area contributed by atoms with Gasteiger partial charge in [-0.2, -0.15) is 0 Å². The van der Waals surface area contributed by atoms with Crippen LogP contribution in [0, 0.1) is 0 Å². The fraction of sp³-hybridized carbons (Fsp3) is 0.385. The Balaban J connectivity index is 1.78. The molecule has 1 fully saturated rings. The zero-order chi connectivity index (χ0) is 10.8. The summed E-state index contributed by atoms with van der Waals surface area (Å²) >= 11 is 0. The lowest BCUT2D eigenvalue weighted by Gasteiger charge is -2.22. The third kappa shape index (κ3) is 1.96. The highest BCUT2D eigenvalue weighted by atomic mass is 16.5. The maximum Gasteiger partial charge on any atom is 0.159 e. The number of furan rings is 1. The molecular formula is C13H16NO2+. The van der Waals surface area contributed by atoms with Crippen molar-refractivity contribution in [2.75, 3.05) is 26.3 Å². The summed E-state index contributed by atoms with van der Waals surface area (Å²) in [5.74, 6) is 1.08. The van der Waals surface area contributed by atoms with E-state index in [0.717, 1.165) is 44.2 Å². The number of rotatable bonds is 2. The van der Waals surface area contributed by atoms with Gasteiger partial charge in [-0.25, -0.2) is 0 Å². The van der Waals surface area contributed by atoms with Crippen LogP contribution in [0.3, 0.4) is 0 Å². The Bertz CT molecular complexity index is 438. The van der Waals surface area contributed by atoms with E-state index in [-0.39, 0.29) is 0 Å². The van der Waals surface area contributed by atoms with Crippen LogP contribution in [0.2, 0.25) is 0 Å². The number of nitrogens with one attached hydrogen (secondary N) is 1. The molecule has 1 aromatic carbocycles. The molecule has 1 saturated heterocycles. The maximum atomic E-state index is 5.81. The zero-order valence-electron chi connectivity index (χ0n) is 9.24. The van der Waals surface area contributed by atoms with Crippen LogP contribution in [0.25, 0.3) is 11.0 Å². The minimum atomic E-state index is 0.871. The van der Waals surface area contributed by atoms with Crippen LogP contribution in [-0.2, 0) is 11.3 Å². The van der Waals surface area contributed by atoms with Crippen molar-refractivity contribution in [3.8, 4) is 0 Å². The molecule has 3 rings (SSSR count). The third-order valence-corrected chi connectivity index (χ3v) is 3.10. The minimum Gasteiger partial charge on any atom is -0.455 e. The molecule has 2 aromatic rings. The van der Waals surface area contributed by atoms with Gasteiger partial charge in [-0.3, -0.25) is 0 Å². The SMILES string of the molecule is c1ccc2oc(C[NH+]3CCOCC3)cc2c1. The van der Waals surface area contributed by atoms with Crippen LogP contribution in [0.5, 0.6) is 0 Å². The number of fused-ring (bicyclic) bond motifs is 1. The molecule has 1 N–H and O–H groups in total. The van der Waals surface area contributed by atoms with Crippen LogP contribution in [-0.4, -0.2) is 26.3 Å². The predicted octanol–water partition coefficient (Wildman–Crippen LogP) is 0.848. The summed E-state index contributed by atoms with van der Waals surface area (Å²) < 4.78 is 11.2. The molecule has 84 valence electrons. The first-order valence-corrected chi connectivity index (χ1v) is 5.80. The Morgan fingerprint density at radius 2 is 1.94 bits per heavy atom. The van der Waals surface area contributed by atoms with E-state index < -0.39 is 0 Å². The van der Waals surface area contributed by atoms with Crippen molar-refractivity contribution in [3.05, 3.63) is 36.1 Å². The van der Waals surface area contributed by atoms with Crippen LogP contribution in [0.4, 0.5) is 0 Å². The van der Waals surface area contributed by atoms with Crippen molar-refractivity contribution in [2.24, 2.45) is 0 Å². The summed E-state index contributed by atoms with van der Waals surface area (Å²) in [4.78, 5) is 1.55. The summed E-state index contributed by atoms with van der Waals surface area (Å²) in [6, 6.07) is 10.3. The first-order valence-electron chi connectivity index (χ1n) is 5.80. The maximum absolute atomic E-state index is 5.81. The predicted molar refractivity (Wildman–Crippen MR) is 61.4 cm³/mol. The van der Waals surface area contributed by atoms with Gasteiger partial charge in [-0.1, -0.05) is 18.2 Å². The second kappa shape index (κ2) is 4.28. The molecule has 3 nitrogen and oxygen atoms in total. The number of para-hydroxylation sites is 1. The van der Waals surface area contributed by atoms with Crippen molar-refractivity contribution in [1.82, 2.24) is 0 Å². The van der Waals surface area contributed by atoms with Crippen LogP contribution in [0.15, 0.2) is 34.7 Å². The number of quaternary nitrogens is 1. The van der Waals surface area contributed by atoms with Gasteiger partial charge in [0.15, 0.2) is 5.76 Å². The van der Waals surface area contributed by atoms with Gasteiger partial charge in [-0.15, -0.1) is 0 Å². The summed E-state index contributed by atoms with van der Waals surface area (Å²) in [5.41, 5.74) is 0.991. The van der Waals surface area contributed by atoms with E-state index in [4.69, 9.17) is 9.15 Å². The van der Waals surface area contributed by atoms with E-state index in [1.165, 1.54) is 5.39 Å². The van der Waals surface area contributed by atoms with Crippen LogP contribution >= 0.6 is 0 Å². The van der Waals surface area contributed by atoms with Crippen molar-refractivity contribution in [1.29, 1.82) is 0 Å². The third-order valence-electron chi connectivity index (χ3n) is 3.10. The molecule has 16 heavy (non-hydrogen) atoms. The first-order chi connectivity index (χ1) is 7.92. The van der Waals surface area contributed by atoms with Gasteiger partial charge >= 0.3 is 0 Å². The average Bonchev–Trinajstić information content (AvgIpc) is 2.72. The van der Waals surface area contributed by atoms with Gasteiger partial charge in [0.2, 0.25) is 0 Å². The standard InChI is InChI=1S/C13H15NO2/c1-2-4-13-11(3-1)9-12(16-13)10-14-5-7-15-8-6-14/h1-4,9H,5-8,10H2/p+1. The number of benzene rings is 1. The van der Waals surface area contributed by atoms with E-state index >= 15 is 0 Å². The van der Waals surface area contributed by atoms with Gasteiger partial charge in [0.25, 0.3) is 0 Å². The Kier molecular flexibility index (Phi) is 2.64. The number of morpholine rings is 1. The molecule has 0 atom stereocenters. The van der Waals surface area contributed by atoms with E-state index in [1.807, 2.05) is 18.2 Å².